The maximum absolute atomic E-state index is 12.5. The number of nitrogen functional groups attached to an aromatic ring is 1. The van der Waals surface area contributed by atoms with Crippen LogP contribution in [-0.2, 0) is 0 Å². The second-order valence-electron chi connectivity index (χ2n) is 6.49. The van der Waals surface area contributed by atoms with Crippen LogP contribution < -0.4 is 10.6 Å². The van der Waals surface area contributed by atoms with Crippen LogP contribution in [0.25, 0.3) is 16.6 Å². The Kier molecular flexibility index (Phi) is 4.47. The molecule has 3 heterocycles. The van der Waals surface area contributed by atoms with E-state index in [1.807, 2.05) is 11.0 Å². The summed E-state index contributed by atoms with van der Waals surface area (Å²) in [5, 5.41) is 5.58. The zero-order chi connectivity index (χ0) is 19.2. The molecule has 3 aromatic rings. The fraction of sp³-hybridized carbons (Fsp3) is 0.438. The average molecular weight is 400 g/mol. The van der Waals surface area contributed by atoms with E-state index in [0.717, 1.165) is 6.42 Å². The number of aromatic nitrogens is 4. The van der Waals surface area contributed by atoms with Crippen LogP contribution in [0.4, 0.5) is 25.1 Å². The first-order valence-corrected chi connectivity index (χ1v) is 8.84. The average Bonchev–Trinajstić information content (AvgIpc) is 3.07. The molecule has 1 aliphatic rings. The van der Waals surface area contributed by atoms with Crippen molar-refractivity contribution in [1.82, 2.24) is 24.5 Å². The Morgan fingerprint density at radius 3 is 2.78 bits per heavy atom. The number of hydrogen-bond donors (Lipinski definition) is 1. The third-order valence-corrected chi connectivity index (χ3v) is 4.84. The van der Waals surface area contributed by atoms with Gasteiger partial charge in [-0.2, -0.15) is 22.7 Å². The molecule has 144 valence electrons. The second kappa shape index (κ2) is 6.68. The van der Waals surface area contributed by atoms with E-state index in [1.165, 1.54) is 4.52 Å². The summed E-state index contributed by atoms with van der Waals surface area (Å²) in [6, 6.07) is 5.33. The quantitative estimate of drug-likeness (QED) is 0.729. The summed E-state index contributed by atoms with van der Waals surface area (Å²) in [5.74, 6) is 0.558. The summed E-state index contributed by atoms with van der Waals surface area (Å²) in [6.45, 7) is 1.56. The van der Waals surface area contributed by atoms with Crippen molar-refractivity contribution in [3.8, 4) is 0 Å². The number of rotatable bonds is 3. The van der Waals surface area contributed by atoms with Gasteiger partial charge in [0.2, 0.25) is 11.9 Å². The first-order valence-electron chi connectivity index (χ1n) is 8.46. The Balaban J connectivity index is 1.65. The third-order valence-electron chi connectivity index (χ3n) is 4.53. The Morgan fingerprint density at radius 1 is 1.19 bits per heavy atom. The number of hydrogen-bond acceptors (Lipinski definition) is 6. The number of nitrogens with two attached hydrogens (primary N) is 1. The highest BCUT2D eigenvalue weighted by Crippen LogP contribution is 2.27. The number of para-hydroxylation sites is 1. The monoisotopic (exact) mass is 399 g/mol. The van der Waals surface area contributed by atoms with E-state index in [9.17, 15) is 13.2 Å². The van der Waals surface area contributed by atoms with Gasteiger partial charge >= 0.3 is 6.18 Å². The minimum Gasteiger partial charge on any atom is -0.368 e. The SMILES string of the molecule is Nc1nc2c(Cl)cccc2c2nc(N3CCCN(CCC(F)(F)F)C3)nn12. The molecular weight excluding hydrogens is 383 g/mol. The third kappa shape index (κ3) is 3.59. The van der Waals surface area contributed by atoms with Crippen molar-refractivity contribution in [2.45, 2.75) is 19.0 Å². The van der Waals surface area contributed by atoms with Crippen LogP contribution in [0.15, 0.2) is 18.2 Å². The predicted octanol–water partition coefficient (Wildman–Crippen LogP) is 2.94. The summed E-state index contributed by atoms with van der Waals surface area (Å²) in [6.07, 6.45) is -4.27. The Labute approximate surface area is 157 Å². The largest absolute Gasteiger partial charge is 0.390 e. The highest BCUT2D eigenvalue weighted by Gasteiger charge is 2.29. The van der Waals surface area contributed by atoms with Crippen LogP contribution >= 0.6 is 11.6 Å². The van der Waals surface area contributed by atoms with Gasteiger partial charge in [0.15, 0.2) is 5.65 Å². The first kappa shape index (κ1) is 18.1. The van der Waals surface area contributed by atoms with Crippen molar-refractivity contribution in [1.29, 1.82) is 0 Å². The molecule has 0 bridgehead atoms. The zero-order valence-corrected chi connectivity index (χ0v) is 15.0. The molecule has 1 aromatic carbocycles. The molecule has 0 unspecified atom stereocenters. The number of nitrogens with zero attached hydrogens (tertiary/aromatic N) is 6. The van der Waals surface area contributed by atoms with Gasteiger partial charge in [-0.15, -0.1) is 5.10 Å². The first-order chi connectivity index (χ1) is 12.8. The van der Waals surface area contributed by atoms with Gasteiger partial charge in [-0.05, 0) is 18.6 Å². The zero-order valence-electron chi connectivity index (χ0n) is 14.2. The number of benzene rings is 1. The van der Waals surface area contributed by atoms with Crippen molar-refractivity contribution >= 4 is 40.0 Å². The van der Waals surface area contributed by atoms with Gasteiger partial charge in [0.05, 0.1) is 23.6 Å². The summed E-state index contributed by atoms with van der Waals surface area (Å²) in [4.78, 5) is 12.4. The number of halogens is 4. The molecule has 0 aliphatic carbocycles. The lowest BCUT2D eigenvalue weighted by Crippen LogP contribution is -2.46. The van der Waals surface area contributed by atoms with Crippen LogP contribution in [0, 0.1) is 0 Å². The molecule has 0 saturated carbocycles. The topological polar surface area (TPSA) is 75.6 Å². The Bertz CT molecular complexity index is 987. The number of alkyl halides is 3. The van der Waals surface area contributed by atoms with Crippen LogP contribution in [0.2, 0.25) is 5.02 Å². The van der Waals surface area contributed by atoms with E-state index in [0.29, 0.717) is 47.3 Å². The number of anilines is 2. The maximum atomic E-state index is 12.5. The van der Waals surface area contributed by atoms with Gasteiger partial charge in [0.25, 0.3) is 0 Å². The summed E-state index contributed by atoms with van der Waals surface area (Å²) in [5.41, 5.74) is 7.05. The van der Waals surface area contributed by atoms with Gasteiger partial charge in [0.1, 0.15) is 0 Å². The minimum absolute atomic E-state index is 0.0460. The lowest BCUT2D eigenvalue weighted by molar-refractivity contribution is -0.138. The maximum Gasteiger partial charge on any atom is 0.390 e. The molecular formula is C16H17ClF3N7. The standard InChI is InChI=1S/C16H17ClF3N7/c17-11-4-1-3-10-12(11)22-14(21)27-13(10)23-15(24-27)26-7-2-6-25(9-26)8-5-16(18,19)20/h1,3-4H,2,5-9H2,(H2,21,22). The van der Waals surface area contributed by atoms with E-state index in [2.05, 4.69) is 15.1 Å². The van der Waals surface area contributed by atoms with Crippen molar-refractivity contribution in [3.05, 3.63) is 23.2 Å². The van der Waals surface area contributed by atoms with Gasteiger partial charge < -0.3 is 10.6 Å². The molecule has 1 fully saturated rings. The van der Waals surface area contributed by atoms with Gasteiger partial charge in [-0.25, -0.2) is 4.98 Å². The second-order valence-corrected chi connectivity index (χ2v) is 6.90. The molecule has 0 atom stereocenters. The molecule has 4 rings (SSSR count). The van der Waals surface area contributed by atoms with Gasteiger partial charge in [-0.3, -0.25) is 4.90 Å². The summed E-state index contributed by atoms with van der Waals surface area (Å²) < 4.78 is 38.9. The molecule has 0 amide bonds. The predicted molar refractivity (Wildman–Crippen MR) is 96.8 cm³/mol. The van der Waals surface area contributed by atoms with Crippen molar-refractivity contribution in [3.63, 3.8) is 0 Å². The molecule has 11 heteroatoms. The minimum atomic E-state index is -4.16. The smallest absolute Gasteiger partial charge is 0.368 e. The lowest BCUT2D eigenvalue weighted by atomic mass is 10.2. The molecule has 27 heavy (non-hydrogen) atoms. The van der Waals surface area contributed by atoms with E-state index in [1.54, 1.807) is 17.0 Å². The number of fused-ring (bicyclic) bond motifs is 3. The molecule has 2 N–H and O–H groups in total. The van der Waals surface area contributed by atoms with Crippen LogP contribution in [-0.4, -0.2) is 57.0 Å². The summed E-state index contributed by atoms with van der Waals surface area (Å²) >= 11 is 6.19. The van der Waals surface area contributed by atoms with Crippen LogP contribution in [0.5, 0.6) is 0 Å². The normalized spacial score (nSPS) is 16.5. The summed E-state index contributed by atoms with van der Waals surface area (Å²) in [7, 11) is 0. The van der Waals surface area contributed by atoms with Crippen LogP contribution in [0.3, 0.4) is 0 Å². The van der Waals surface area contributed by atoms with E-state index in [-0.39, 0.29) is 12.5 Å². The Hall–Kier alpha value is -2.33. The van der Waals surface area contributed by atoms with Crippen molar-refractivity contribution < 1.29 is 13.2 Å². The van der Waals surface area contributed by atoms with Crippen molar-refractivity contribution in [2.24, 2.45) is 0 Å². The van der Waals surface area contributed by atoms with E-state index >= 15 is 0 Å². The van der Waals surface area contributed by atoms with E-state index < -0.39 is 12.6 Å². The molecule has 0 spiro atoms. The molecule has 7 nitrogen and oxygen atoms in total. The van der Waals surface area contributed by atoms with Gasteiger partial charge in [-0.1, -0.05) is 17.7 Å². The van der Waals surface area contributed by atoms with Gasteiger partial charge in [0, 0.05) is 25.0 Å². The van der Waals surface area contributed by atoms with Crippen LogP contribution in [0.1, 0.15) is 12.8 Å². The molecule has 1 saturated heterocycles. The Morgan fingerprint density at radius 2 is 2.00 bits per heavy atom. The van der Waals surface area contributed by atoms with Crippen molar-refractivity contribution in [2.75, 3.05) is 36.9 Å². The molecule has 2 aromatic heterocycles. The highest BCUT2D eigenvalue weighted by molar-refractivity contribution is 6.35. The molecule has 1 aliphatic heterocycles. The van der Waals surface area contributed by atoms with E-state index in [4.69, 9.17) is 17.3 Å². The fourth-order valence-electron chi connectivity index (χ4n) is 3.24. The fourth-order valence-corrected chi connectivity index (χ4v) is 3.46. The molecule has 0 radical (unpaired) electrons. The lowest BCUT2D eigenvalue weighted by Gasteiger charge is -2.35. The highest BCUT2D eigenvalue weighted by atomic mass is 35.5.